The SMILES string of the molecule is CC(CO)c1cc2c(c(Cl)c1O)CCC2. The first kappa shape index (κ1) is 10.8. The van der Waals surface area contributed by atoms with Gasteiger partial charge in [-0.25, -0.2) is 0 Å². The Morgan fingerprint density at radius 2 is 2.20 bits per heavy atom. The molecule has 0 spiro atoms. The van der Waals surface area contributed by atoms with Crippen molar-refractivity contribution in [3.8, 4) is 5.75 Å². The van der Waals surface area contributed by atoms with Crippen LogP contribution in [0.5, 0.6) is 5.75 Å². The van der Waals surface area contributed by atoms with Crippen LogP contribution in [0.15, 0.2) is 6.07 Å². The molecule has 3 heteroatoms. The molecular weight excluding hydrogens is 212 g/mol. The Labute approximate surface area is 94.5 Å². The van der Waals surface area contributed by atoms with Crippen molar-refractivity contribution in [3.63, 3.8) is 0 Å². The highest BCUT2D eigenvalue weighted by Gasteiger charge is 2.21. The predicted molar refractivity (Wildman–Crippen MR) is 60.6 cm³/mol. The predicted octanol–water partition coefficient (Wildman–Crippen LogP) is 2.63. The lowest BCUT2D eigenvalue weighted by Crippen LogP contribution is -2.01. The summed E-state index contributed by atoms with van der Waals surface area (Å²) in [6, 6.07) is 1.99. The van der Waals surface area contributed by atoms with E-state index in [0.29, 0.717) is 5.02 Å². The Balaban J connectivity index is 2.54. The lowest BCUT2D eigenvalue weighted by Gasteiger charge is -2.15. The van der Waals surface area contributed by atoms with E-state index in [1.165, 1.54) is 5.56 Å². The van der Waals surface area contributed by atoms with E-state index >= 15 is 0 Å². The smallest absolute Gasteiger partial charge is 0.138 e. The zero-order valence-electron chi connectivity index (χ0n) is 8.76. The van der Waals surface area contributed by atoms with Crippen molar-refractivity contribution >= 4 is 11.6 Å². The summed E-state index contributed by atoms with van der Waals surface area (Å²) in [5.41, 5.74) is 3.08. The third-order valence-corrected chi connectivity index (χ3v) is 3.55. The van der Waals surface area contributed by atoms with Crippen LogP contribution < -0.4 is 0 Å². The highest BCUT2D eigenvalue weighted by atomic mass is 35.5. The van der Waals surface area contributed by atoms with Crippen LogP contribution in [-0.4, -0.2) is 16.8 Å². The Bertz CT molecular complexity index is 388. The number of halogens is 1. The maximum Gasteiger partial charge on any atom is 0.138 e. The quantitative estimate of drug-likeness (QED) is 0.814. The highest BCUT2D eigenvalue weighted by molar-refractivity contribution is 6.33. The van der Waals surface area contributed by atoms with Gasteiger partial charge in [-0.2, -0.15) is 0 Å². The Hall–Kier alpha value is -0.730. The van der Waals surface area contributed by atoms with Gasteiger partial charge in [0.15, 0.2) is 0 Å². The molecule has 1 unspecified atom stereocenters. The van der Waals surface area contributed by atoms with E-state index in [9.17, 15) is 5.11 Å². The highest BCUT2D eigenvalue weighted by Crippen LogP contribution is 2.40. The van der Waals surface area contributed by atoms with Crippen LogP contribution in [-0.2, 0) is 12.8 Å². The van der Waals surface area contributed by atoms with Gasteiger partial charge in [-0.3, -0.25) is 0 Å². The molecular formula is C12H15ClO2. The molecule has 1 aromatic carbocycles. The van der Waals surface area contributed by atoms with Crippen molar-refractivity contribution in [1.82, 2.24) is 0 Å². The molecule has 0 bridgehead atoms. The fourth-order valence-electron chi connectivity index (χ4n) is 2.18. The molecule has 0 aliphatic heterocycles. The van der Waals surface area contributed by atoms with Gasteiger partial charge in [-0.1, -0.05) is 24.6 Å². The van der Waals surface area contributed by atoms with Gasteiger partial charge in [0.25, 0.3) is 0 Å². The van der Waals surface area contributed by atoms with Gasteiger partial charge in [0, 0.05) is 18.1 Å². The number of rotatable bonds is 2. The minimum absolute atomic E-state index is 0.0304. The van der Waals surface area contributed by atoms with Crippen molar-refractivity contribution in [2.45, 2.75) is 32.1 Å². The van der Waals surface area contributed by atoms with Crippen molar-refractivity contribution in [3.05, 3.63) is 27.8 Å². The molecule has 1 aromatic rings. The average Bonchev–Trinajstić information content (AvgIpc) is 2.70. The number of benzene rings is 1. The van der Waals surface area contributed by atoms with Crippen LogP contribution >= 0.6 is 11.6 Å². The summed E-state index contributed by atoms with van der Waals surface area (Å²) in [6.07, 6.45) is 3.08. The topological polar surface area (TPSA) is 40.5 Å². The van der Waals surface area contributed by atoms with Gasteiger partial charge in [0.05, 0.1) is 5.02 Å². The van der Waals surface area contributed by atoms with Gasteiger partial charge in [0.1, 0.15) is 5.75 Å². The van der Waals surface area contributed by atoms with Gasteiger partial charge in [-0.05, 0) is 30.4 Å². The van der Waals surface area contributed by atoms with Crippen molar-refractivity contribution in [2.24, 2.45) is 0 Å². The summed E-state index contributed by atoms with van der Waals surface area (Å²) in [4.78, 5) is 0. The maximum absolute atomic E-state index is 9.92. The Kier molecular flexibility index (Phi) is 2.89. The maximum atomic E-state index is 9.92. The largest absolute Gasteiger partial charge is 0.506 e. The fourth-order valence-corrected chi connectivity index (χ4v) is 2.50. The molecule has 0 fully saturated rings. The second-order valence-electron chi connectivity index (χ2n) is 4.20. The molecule has 1 atom stereocenters. The summed E-state index contributed by atoms with van der Waals surface area (Å²) in [5.74, 6) is 0.0901. The van der Waals surface area contributed by atoms with E-state index < -0.39 is 0 Å². The third kappa shape index (κ3) is 1.72. The molecule has 0 radical (unpaired) electrons. The Morgan fingerprint density at radius 3 is 2.87 bits per heavy atom. The Morgan fingerprint density at radius 1 is 1.47 bits per heavy atom. The van der Waals surface area contributed by atoms with Crippen LogP contribution in [0.25, 0.3) is 0 Å². The van der Waals surface area contributed by atoms with E-state index in [4.69, 9.17) is 16.7 Å². The molecule has 82 valence electrons. The molecule has 0 saturated carbocycles. The molecule has 0 aromatic heterocycles. The number of phenolic OH excluding ortho intramolecular Hbond substituents is 1. The zero-order chi connectivity index (χ0) is 11.0. The molecule has 15 heavy (non-hydrogen) atoms. The standard InChI is InChI=1S/C12H15ClO2/c1-7(6-14)10-5-8-3-2-4-9(8)11(13)12(10)15/h5,7,14-15H,2-4,6H2,1H3. The molecule has 1 aliphatic carbocycles. The van der Waals surface area contributed by atoms with Gasteiger partial charge in [0.2, 0.25) is 0 Å². The third-order valence-electron chi connectivity index (χ3n) is 3.14. The lowest BCUT2D eigenvalue weighted by molar-refractivity contribution is 0.270. The first-order chi connectivity index (χ1) is 7.15. The number of phenols is 1. The van der Waals surface area contributed by atoms with Crippen LogP contribution in [0, 0.1) is 0 Å². The number of aliphatic hydroxyl groups is 1. The number of hydrogen-bond acceptors (Lipinski definition) is 2. The van der Waals surface area contributed by atoms with Gasteiger partial charge >= 0.3 is 0 Å². The number of aliphatic hydroxyl groups excluding tert-OH is 1. The summed E-state index contributed by atoms with van der Waals surface area (Å²) in [7, 11) is 0. The molecule has 0 amide bonds. The number of fused-ring (bicyclic) bond motifs is 1. The summed E-state index contributed by atoms with van der Waals surface area (Å²) >= 11 is 6.11. The number of aromatic hydroxyl groups is 1. The second-order valence-corrected chi connectivity index (χ2v) is 4.58. The first-order valence-corrected chi connectivity index (χ1v) is 5.67. The summed E-state index contributed by atoms with van der Waals surface area (Å²) in [6.45, 7) is 1.91. The molecule has 1 aliphatic rings. The van der Waals surface area contributed by atoms with Crippen molar-refractivity contribution in [1.29, 1.82) is 0 Å². The van der Waals surface area contributed by atoms with Crippen LogP contribution in [0.3, 0.4) is 0 Å². The van der Waals surface area contributed by atoms with E-state index in [0.717, 1.165) is 30.4 Å². The lowest BCUT2D eigenvalue weighted by atomic mass is 9.96. The van der Waals surface area contributed by atoms with E-state index in [1.54, 1.807) is 0 Å². The normalized spacial score (nSPS) is 16.5. The first-order valence-electron chi connectivity index (χ1n) is 5.29. The van der Waals surface area contributed by atoms with E-state index in [2.05, 4.69) is 0 Å². The summed E-state index contributed by atoms with van der Waals surface area (Å²) < 4.78 is 0. The van der Waals surface area contributed by atoms with Crippen LogP contribution in [0.1, 0.15) is 36.0 Å². The molecule has 2 N–H and O–H groups in total. The minimum Gasteiger partial charge on any atom is -0.506 e. The second kappa shape index (κ2) is 4.03. The fraction of sp³-hybridized carbons (Fsp3) is 0.500. The van der Waals surface area contributed by atoms with Gasteiger partial charge in [-0.15, -0.1) is 0 Å². The minimum atomic E-state index is -0.0617. The monoisotopic (exact) mass is 226 g/mol. The van der Waals surface area contributed by atoms with Gasteiger partial charge < -0.3 is 10.2 Å². The molecule has 0 saturated heterocycles. The average molecular weight is 227 g/mol. The number of aryl methyl sites for hydroxylation is 1. The zero-order valence-corrected chi connectivity index (χ0v) is 9.51. The van der Waals surface area contributed by atoms with E-state index in [-0.39, 0.29) is 18.3 Å². The molecule has 2 nitrogen and oxygen atoms in total. The van der Waals surface area contributed by atoms with Crippen LogP contribution in [0.4, 0.5) is 0 Å². The number of hydrogen-bond donors (Lipinski definition) is 2. The molecule has 0 heterocycles. The van der Waals surface area contributed by atoms with Crippen molar-refractivity contribution < 1.29 is 10.2 Å². The van der Waals surface area contributed by atoms with Crippen molar-refractivity contribution in [2.75, 3.05) is 6.61 Å². The summed E-state index contributed by atoms with van der Waals surface area (Å²) in [5, 5.41) is 19.5. The molecule has 2 rings (SSSR count). The van der Waals surface area contributed by atoms with E-state index in [1.807, 2.05) is 13.0 Å². The van der Waals surface area contributed by atoms with Crippen LogP contribution in [0.2, 0.25) is 5.02 Å².